The lowest BCUT2D eigenvalue weighted by molar-refractivity contribution is 0.0602. The van der Waals surface area contributed by atoms with Gasteiger partial charge < -0.3 is 15.8 Å². The van der Waals surface area contributed by atoms with Crippen LogP contribution < -0.4 is 11.1 Å². The molecule has 0 aliphatic heterocycles. The minimum atomic E-state index is -0.534. The van der Waals surface area contributed by atoms with Crippen LogP contribution in [-0.4, -0.2) is 13.1 Å². The summed E-state index contributed by atoms with van der Waals surface area (Å²) < 4.78 is 18.5. The summed E-state index contributed by atoms with van der Waals surface area (Å²) in [6.07, 6.45) is 0. The maximum atomic E-state index is 13.8. The summed E-state index contributed by atoms with van der Waals surface area (Å²) in [7, 11) is 1.28. The highest BCUT2D eigenvalue weighted by Crippen LogP contribution is 2.29. The number of anilines is 3. The van der Waals surface area contributed by atoms with Gasteiger partial charge in [0, 0.05) is 0 Å². The molecule has 2 aromatic rings. The molecule has 5 heteroatoms. The van der Waals surface area contributed by atoms with Crippen LogP contribution in [0.2, 0.25) is 0 Å². The zero-order valence-electron chi connectivity index (χ0n) is 11.2. The number of hydrogen-bond acceptors (Lipinski definition) is 4. The second-order valence-corrected chi connectivity index (χ2v) is 4.37. The minimum Gasteiger partial charge on any atom is -0.465 e. The Hall–Kier alpha value is -2.56. The van der Waals surface area contributed by atoms with Gasteiger partial charge in [-0.15, -0.1) is 0 Å². The molecule has 2 aromatic carbocycles. The third kappa shape index (κ3) is 2.71. The summed E-state index contributed by atoms with van der Waals surface area (Å²) in [5.41, 5.74) is 7.94. The predicted molar refractivity (Wildman–Crippen MR) is 76.6 cm³/mol. The smallest absolute Gasteiger partial charge is 0.340 e. The lowest BCUT2D eigenvalue weighted by atomic mass is 10.1. The van der Waals surface area contributed by atoms with E-state index in [1.54, 1.807) is 30.3 Å². The van der Waals surface area contributed by atoms with Crippen LogP contribution in [0.1, 0.15) is 15.9 Å². The van der Waals surface area contributed by atoms with Crippen LogP contribution in [0.15, 0.2) is 36.4 Å². The number of carbonyl (C=O) groups excluding carboxylic acids is 1. The van der Waals surface area contributed by atoms with E-state index in [2.05, 4.69) is 5.32 Å². The lowest BCUT2D eigenvalue weighted by Gasteiger charge is -2.14. The molecule has 0 aromatic heterocycles. The largest absolute Gasteiger partial charge is 0.465 e. The molecule has 0 spiro atoms. The van der Waals surface area contributed by atoms with Crippen LogP contribution in [0, 0.1) is 12.7 Å². The first-order chi connectivity index (χ1) is 9.52. The standard InChI is InChI=1S/C15H15FN2O2/c1-9-6-7-11(16)13(8-9)18-14-10(15(19)20-2)4-3-5-12(14)17/h3-8,18H,17H2,1-2H3. The molecule has 2 rings (SSSR count). The quantitative estimate of drug-likeness (QED) is 0.666. The van der Waals surface area contributed by atoms with Gasteiger partial charge in [-0.05, 0) is 36.8 Å². The molecule has 0 saturated carbocycles. The molecule has 3 N–H and O–H groups in total. The maximum absolute atomic E-state index is 13.8. The number of hydrogen-bond donors (Lipinski definition) is 2. The number of aryl methyl sites for hydroxylation is 1. The van der Waals surface area contributed by atoms with Gasteiger partial charge in [-0.1, -0.05) is 12.1 Å². The summed E-state index contributed by atoms with van der Waals surface area (Å²) >= 11 is 0. The molecule has 0 heterocycles. The monoisotopic (exact) mass is 274 g/mol. The van der Waals surface area contributed by atoms with Gasteiger partial charge in [0.2, 0.25) is 0 Å². The van der Waals surface area contributed by atoms with E-state index in [0.717, 1.165) is 5.56 Å². The highest BCUT2D eigenvalue weighted by atomic mass is 19.1. The fourth-order valence-electron chi connectivity index (χ4n) is 1.86. The molecule has 0 fully saturated rings. The van der Waals surface area contributed by atoms with Crippen LogP contribution in [0.4, 0.5) is 21.5 Å². The van der Waals surface area contributed by atoms with Gasteiger partial charge in [-0.3, -0.25) is 0 Å². The van der Waals surface area contributed by atoms with Crippen molar-refractivity contribution in [2.75, 3.05) is 18.2 Å². The van der Waals surface area contributed by atoms with Gasteiger partial charge in [0.15, 0.2) is 0 Å². The van der Waals surface area contributed by atoms with E-state index in [4.69, 9.17) is 10.5 Å². The first kappa shape index (κ1) is 13.9. The molecule has 0 saturated heterocycles. The molecule has 104 valence electrons. The maximum Gasteiger partial charge on any atom is 0.340 e. The minimum absolute atomic E-state index is 0.257. The topological polar surface area (TPSA) is 64.3 Å². The average Bonchev–Trinajstić information content (AvgIpc) is 2.44. The number of nitrogens with two attached hydrogens (primary N) is 1. The Morgan fingerprint density at radius 2 is 2.05 bits per heavy atom. The third-order valence-electron chi connectivity index (χ3n) is 2.88. The zero-order chi connectivity index (χ0) is 14.7. The van der Waals surface area contributed by atoms with Crippen molar-refractivity contribution in [3.05, 3.63) is 53.3 Å². The Morgan fingerprint density at radius 1 is 1.30 bits per heavy atom. The van der Waals surface area contributed by atoms with Crippen LogP contribution in [0.25, 0.3) is 0 Å². The Bertz CT molecular complexity index is 656. The number of nitrogens with one attached hydrogen (secondary N) is 1. The summed E-state index contributed by atoms with van der Waals surface area (Å²) in [6, 6.07) is 9.49. The van der Waals surface area contributed by atoms with E-state index in [9.17, 15) is 9.18 Å². The van der Waals surface area contributed by atoms with Crippen molar-refractivity contribution in [3.63, 3.8) is 0 Å². The van der Waals surface area contributed by atoms with Crippen molar-refractivity contribution in [2.24, 2.45) is 0 Å². The van der Waals surface area contributed by atoms with Crippen molar-refractivity contribution >= 4 is 23.0 Å². The number of esters is 1. The fourth-order valence-corrected chi connectivity index (χ4v) is 1.86. The van der Waals surface area contributed by atoms with Crippen LogP contribution in [-0.2, 0) is 4.74 Å². The predicted octanol–water partition coefficient (Wildman–Crippen LogP) is 3.25. The first-order valence-electron chi connectivity index (χ1n) is 6.03. The second kappa shape index (κ2) is 5.61. The Balaban J connectivity index is 2.47. The number of nitrogen functional groups attached to an aromatic ring is 1. The number of halogens is 1. The van der Waals surface area contributed by atoms with Gasteiger partial charge in [0.25, 0.3) is 0 Å². The second-order valence-electron chi connectivity index (χ2n) is 4.37. The fraction of sp³-hybridized carbons (Fsp3) is 0.133. The molecule has 0 radical (unpaired) electrons. The van der Waals surface area contributed by atoms with Crippen LogP contribution in [0.3, 0.4) is 0 Å². The molecule has 0 atom stereocenters. The van der Waals surface area contributed by atoms with Gasteiger partial charge in [-0.2, -0.15) is 0 Å². The molecule has 0 bridgehead atoms. The Labute approximate surface area is 116 Å². The van der Waals surface area contributed by atoms with Gasteiger partial charge in [0.05, 0.1) is 29.7 Å². The molecule has 0 unspecified atom stereocenters. The molecular weight excluding hydrogens is 259 g/mol. The van der Waals surface area contributed by atoms with E-state index in [1.165, 1.54) is 13.2 Å². The summed E-state index contributed by atoms with van der Waals surface area (Å²) in [5, 5.41) is 2.86. The van der Waals surface area contributed by atoms with Gasteiger partial charge in [0.1, 0.15) is 5.82 Å². The summed E-state index contributed by atoms with van der Waals surface area (Å²) in [5.74, 6) is -0.956. The van der Waals surface area contributed by atoms with Crippen molar-refractivity contribution < 1.29 is 13.9 Å². The summed E-state index contributed by atoms with van der Waals surface area (Å²) in [4.78, 5) is 11.7. The van der Waals surface area contributed by atoms with Gasteiger partial charge in [-0.25, -0.2) is 9.18 Å². The average molecular weight is 274 g/mol. The SMILES string of the molecule is COC(=O)c1cccc(N)c1Nc1cc(C)ccc1F. The van der Waals surface area contributed by atoms with Crippen molar-refractivity contribution in [2.45, 2.75) is 6.92 Å². The number of rotatable bonds is 3. The number of benzene rings is 2. The third-order valence-corrected chi connectivity index (χ3v) is 2.88. The molecule has 0 amide bonds. The zero-order valence-corrected chi connectivity index (χ0v) is 11.2. The molecule has 0 aliphatic carbocycles. The number of ether oxygens (including phenoxy) is 1. The van der Waals surface area contributed by atoms with Crippen molar-refractivity contribution in [1.82, 2.24) is 0 Å². The van der Waals surface area contributed by atoms with Crippen molar-refractivity contribution in [1.29, 1.82) is 0 Å². The summed E-state index contributed by atoms with van der Waals surface area (Å²) in [6.45, 7) is 1.85. The van der Waals surface area contributed by atoms with Crippen molar-refractivity contribution in [3.8, 4) is 0 Å². The number of carbonyl (C=O) groups is 1. The Morgan fingerprint density at radius 3 is 2.75 bits per heavy atom. The number of methoxy groups -OCH3 is 1. The van der Waals surface area contributed by atoms with E-state index in [-0.39, 0.29) is 11.3 Å². The molecule has 4 nitrogen and oxygen atoms in total. The molecular formula is C15H15FN2O2. The highest BCUT2D eigenvalue weighted by Gasteiger charge is 2.15. The van der Waals surface area contributed by atoms with E-state index in [0.29, 0.717) is 11.4 Å². The normalized spacial score (nSPS) is 10.2. The van der Waals surface area contributed by atoms with Gasteiger partial charge >= 0.3 is 5.97 Å². The van der Waals surface area contributed by atoms with E-state index < -0.39 is 11.8 Å². The van der Waals surface area contributed by atoms with Crippen LogP contribution >= 0.6 is 0 Å². The van der Waals surface area contributed by atoms with E-state index in [1.807, 2.05) is 6.92 Å². The van der Waals surface area contributed by atoms with Crippen LogP contribution in [0.5, 0.6) is 0 Å². The molecule has 20 heavy (non-hydrogen) atoms. The van der Waals surface area contributed by atoms with E-state index >= 15 is 0 Å². The number of para-hydroxylation sites is 1. The highest BCUT2D eigenvalue weighted by molar-refractivity contribution is 5.99. The molecule has 0 aliphatic rings. The Kier molecular flexibility index (Phi) is 3.89. The lowest BCUT2D eigenvalue weighted by Crippen LogP contribution is -2.08. The first-order valence-corrected chi connectivity index (χ1v) is 6.03.